The van der Waals surface area contributed by atoms with Crippen LogP contribution < -0.4 is 11.1 Å². The average molecular weight is 272 g/mol. The van der Waals surface area contributed by atoms with Crippen molar-refractivity contribution in [3.63, 3.8) is 0 Å². The number of nitrogens with one attached hydrogen (secondary N) is 1. The molecule has 19 heavy (non-hydrogen) atoms. The smallest absolute Gasteiger partial charge is 0.355 e. The molecule has 2 atom stereocenters. The summed E-state index contributed by atoms with van der Waals surface area (Å²) >= 11 is 0. The minimum atomic E-state index is -4.36. The van der Waals surface area contributed by atoms with Crippen LogP contribution in [0.3, 0.4) is 0 Å². The molecule has 2 unspecified atom stereocenters. The number of nitrogens with two attached hydrogens (primary N) is 1. The zero-order chi connectivity index (χ0) is 14.0. The lowest BCUT2D eigenvalue weighted by atomic mass is 9.81. The van der Waals surface area contributed by atoms with Crippen molar-refractivity contribution in [2.24, 2.45) is 11.7 Å². The Kier molecular flexibility index (Phi) is 3.80. The second-order valence-electron chi connectivity index (χ2n) is 4.73. The lowest BCUT2D eigenvalue weighted by Gasteiger charge is -2.31. The van der Waals surface area contributed by atoms with E-state index < -0.39 is 11.7 Å². The van der Waals surface area contributed by atoms with Crippen LogP contribution in [-0.2, 0) is 11.0 Å². The van der Waals surface area contributed by atoms with Crippen LogP contribution in [-0.4, -0.2) is 19.0 Å². The Morgan fingerprint density at radius 3 is 2.74 bits per heavy atom. The van der Waals surface area contributed by atoms with Gasteiger partial charge in [0.1, 0.15) is 0 Å². The highest BCUT2D eigenvalue weighted by atomic mass is 19.4. The second-order valence-corrected chi connectivity index (χ2v) is 4.73. The van der Waals surface area contributed by atoms with Crippen LogP contribution in [0.2, 0.25) is 0 Å². The quantitative estimate of drug-likeness (QED) is 0.863. The van der Waals surface area contributed by atoms with Gasteiger partial charge in [-0.3, -0.25) is 4.79 Å². The van der Waals surface area contributed by atoms with Gasteiger partial charge >= 0.3 is 6.18 Å². The topological polar surface area (TPSA) is 55.1 Å². The molecule has 1 amide bonds. The van der Waals surface area contributed by atoms with Gasteiger partial charge in [-0.2, -0.15) is 13.2 Å². The van der Waals surface area contributed by atoms with E-state index in [-0.39, 0.29) is 30.7 Å². The van der Waals surface area contributed by atoms with E-state index in [2.05, 4.69) is 5.32 Å². The van der Waals surface area contributed by atoms with Gasteiger partial charge in [-0.25, -0.2) is 0 Å². The van der Waals surface area contributed by atoms with E-state index in [0.717, 1.165) is 12.1 Å². The predicted octanol–water partition coefficient (Wildman–Crippen LogP) is 1.88. The van der Waals surface area contributed by atoms with Gasteiger partial charge in [0.2, 0.25) is 5.91 Å². The molecule has 0 bridgehead atoms. The summed E-state index contributed by atoms with van der Waals surface area (Å²) in [7, 11) is 0. The monoisotopic (exact) mass is 272 g/mol. The van der Waals surface area contributed by atoms with Crippen LogP contribution in [0.25, 0.3) is 0 Å². The second kappa shape index (κ2) is 5.21. The van der Waals surface area contributed by atoms with Gasteiger partial charge in [-0.1, -0.05) is 18.2 Å². The molecule has 1 heterocycles. The first-order valence-electron chi connectivity index (χ1n) is 6.05. The van der Waals surface area contributed by atoms with Gasteiger partial charge in [0.25, 0.3) is 0 Å². The Bertz CT molecular complexity index is 473. The molecule has 3 N–H and O–H groups in total. The number of amides is 1. The highest BCUT2D eigenvalue weighted by Gasteiger charge is 2.33. The van der Waals surface area contributed by atoms with E-state index in [1.165, 1.54) is 6.07 Å². The Morgan fingerprint density at radius 2 is 2.11 bits per heavy atom. The number of carbonyl (C=O) groups excluding carboxylic acids is 1. The predicted molar refractivity (Wildman–Crippen MR) is 64.4 cm³/mol. The first-order chi connectivity index (χ1) is 8.91. The number of hydrogen-bond acceptors (Lipinski definition) is 2. The number of piperidine rings is 1. The van der Waals surface area contributed by atoms with Crippen molar-refractivity contribution in [2.75, 3.05) is 13.1 Å². The summed E-state index contributed by atoms with van der Waals surface area (Å²) < 4.78 is 38.0. The van der Waals surface area contributed by atoms with Crippen molar-refractivity contribution in [2.45, 2.75) is 18.5 Å². The van der Waals surface area contributed by atoms with Crippen molar-refractivity contribution >= 4 is 5.91 Å². The van der Waals surface area contributed by atoms with Gasteiger partial charge < -0.3 is 11.1 Å². The van der Waals surface area contributed by atoms with Gasteiger partial charge in [0, 0.05) is 18.9 Å². The molecule has 2 rings (SSSR count). The van der Waals surface area contributed by atoms with E-state index in [4.69, 9.17) is 5.73 Å². The highest BCUT2D eigenvalue weighted by Crippen LogP contribution is 2.34. The fourth-order valence-corrected chi connectivity index (χ4v) is 2.43. The van der Waals surface area contributed by atoms with Crippen molar-refractivity contribution < 1.29 is 18.0 Å². The van der Waals surface area contributed by atoms with E-state index in [1.54, 1.807) is 6.07 Å². The summed E-state index contributed by atoms with van der Waals surface area (Å²) in [6.07, 6.45) is -4.09. The summed E-state index contributed by atoms with van der Waals surface area (Å²) in [5.41, 5.74) is 5.52. The van der Waals surface area contributed by atoms with E-state index in [9.17, 15) is 18.0 Å². The van der Waals surface area contributed by atoms with E-state index in [1.807, 2.05) is 0 Å². The van der Waals surface area contributed by atoms with Crippen molar-refractivity contribution in [1.82, 2.24) is 5.32 Å². The number of halogens is 3. The average Bonchev–Trinajstić information content (AvgIpc) is 2.37. The van der Waals surface area contributed by atoms with Gasteiger partial charge in [0.05, 0.1) is 5.56 Å². The maximum atomic E-state index is 12.7. The Balaban J connectivity index is 2.28. The van der Waals surface area contributed by atoms with Crippen LogP contribution in [0.1, 0.15) is 23.5 Å². The van der Waals surface area contributed by atoms with Crippen LogP contribution in [0.4, 0.5) is 13.2 Å². The number of alkyl halides is 3. The molecule has 0 aliphatic carbocycles. The molecular formula is C13H15F3N2O. The molecule has 3 nitrogen and oxygen atoms in total. The third kappa shape index (κ3) is 3.07. The summed E-state index contributed by atoms with van der Waals surface area (Å²) in [5, 5.41) is 2.68. The molecule has 0 spiro atoms. The molecule has 1 aliphatic heterocycles. The highest BCUT2D eigenvalue weighted by molar-refractivity contribution is 5.77. The molecule has 1 aliphatic rings. The zero-order valence-electron chi connectivity index (χ0n) is 10.2. The maximum Gasteiger partial charge on any atom is 0.416 e. The van der Waals surface area contributed by atoms with Crippen LogP contribution in [0.5, 0.6) is 0 Å². The van der Waals surface area contributed by atoms with Crippen molar-refractivity contribution in [1.29, 1.82) is 0 Å². The minimum absolute atomic E-state index is 0.0984. The molecule has 0 radical (unpaired) electrons. The van der Waals surface area contributed by atoms with E-state index >= 15 is 0 Å². The molecule has 0 saturated carbocycles. The first-order valence-corrected chi connectivity index (χ1v) is 6.05. The van der Waals surface area contributed by atoms with Gasteiger partial charge in [-0.15, -0.1) is 0 Å². The lowest BCUT2D eigenvalue weighted by molar-refractivity contribution is -0.137. The molecule has 1 saturated heterocycles. The number of carbonyl (C=O) groups is 1. The minimum Gasteiger partial charge on any atom is -0.355 e. The summed E-state index contributed by atoms with van der Waals surface area (Å²) in [4.78, 5) is 11.3. The summed E-state index contributed by atoms with van der Waals surface area (Å²) in [6, 6.07) is 5.23. The molecular weight excluding hydrogens is 257 g/mol. The number of rotatable bonds is 2. The molecule has 1 fully saturated rings. The van der Waals surface area contributed by atoms with Crippen LogP contribution in [0, 0.1) is 5.92 Å². The SMILES string of the molecule is NCC1CC(=O)NCC1c1cccc(C(F)(F)F)c1. The van der Waals surface area contributed by atoms with Crippen LogP contribution >= 0.6 is 0 Å². The van der Waals surface area contributed by atoms with E-state index in [0.29, 0.717) is 12.1 Å². The molecule has 6 heteroatoms. The lowest BCUT2D eigenvalue weighted by Crippen LogP contribution is -2.42. The number of hydrogen-bond donors (Lipinski definition) is 2. The van der Waals surface area contributed by atoms with Crippen molar-refractivity contribution in [3.05, 3.63) is 35.4 Å². The number of benzene rings is 1. The third-order valence-electron chi connectivity index (χ3n) is 3.48. The molecule has 104 valence electrons. The van der Waals surface area contributed by atoms with Gasteiger partial charge in [-0.05, 0) is 24.1 Å². The molecule has 0 aromatic heterocycles. The summed E-state index contributed by atoms with van der Waals surface area (Å²) in [5.74, 6) is -0.374. The zero-order valence-corrected chi connectivity index (χ0v) is 10.2. The van der Waals surface area contributed by atoms with Gasteiger partial charge in [0.15, 0.2) is 0 Å². The third-order valence-corrected chi connectivity index (χ3v) is 3.48. The standard InChI is InChI=1S/C13H15F3N2O/c14-13(15,16)10-3-1-2-8(4-10)11-7-18-12(19)5-9(11)6-17/h1-4,9,11H,5-7,17H2,(H,18,19). The molecule has 1 aromatic rings. The normalized spacial score (nSPS) is 24.1. The molecule has 1 aromatic carbocycles. The maximum absolute atomic E-state index is 12.7. The largest absolute Gasteiger partial charge is 0.416 e. The Morgan fingerprint density at radius 1 is 1.37 bits per heavy atom. The Hall–Kier alpha value is -1.56. The fourth-order valence-electron chi connectivity index (χ4n) is 2.43. The Labute approximate surface area is 109 Å². The fraction of sp³-hybridized carbons (Fsp3) is 0.462. The van der Waals surface area contributed by atoms with Crippen LogP contribution in [0.15, 0.2) is 24.3 Å². The summed E-state index contributed by atoms with van der Waals surface area (Å²) in [6.45, 7) is 0.621. The first kappa shape index (κ1) is 13.9. The van der Waals surface area contributed by atoms with Crippen molar-refractivity contribution in [3.8, 4) is 0 Å².